The van der Waals surface area contributed by atoms with Crippen LogP contribution in [-0.2, 0) is 17.9 Å². The fourth-order valence-corrected chi connectivity index (χ4v) is 5.17. The lowest BCUT2D eigenvalue weighted by Gasteiger charge is -2.23. The number of hydrogen-bond acceptors (Lipinski definition) is 9. The molecule has 2 aromatic carbocycles. The van der Waals surface area contributed by atoms with Crippen molar-refractivity contribution < 1.29 is 9.53 Å². The summed E-state index contributed by atoms with van der Waals surface area (Å²) in [5.41, 5.74) is 14.2. The lowest BCUT2D eigenvalue weighted by molar-refractivity contribution is -0.108. The number of aldehydes is 1. The van der Waals surface area contributed by atoms with Gasteiger partial charge in [-0.2, -0.15) is 0 Å². The van der Waals surface area contributed by atoms with Crippen molar-refractivity contribution in [3.8, 4) is 5.75 Å². The van der Waals surface area contributed by atoms with Crippen LogP contribution in [-0.4, -0.2) is 48.4 Å². The number of ether oxygens (including phenoxy) is 1. The number of anilines is 3. The van der Waals surface area contributed by atoms with Crippen LogP contribution in [0.4, 0.5) is 17.1 Å². The zero-order valence-electron chi connectivity index (χ0n) is 25.8. The van der Waals surface area contributed by atoms with Gasteiger partial charge in [0.25, 0.3) is 0 Å². The molecule has 1 atom stereocenters. The normalized spacial score (nSPS) is 13.0. The van der Waals surface area contributed by atoms with E-state index in [0.717, 1.165) is 69.3 Å². The van der Waals surface area contributed by atoms with Crippen LogP contribution in [0.25, 0.3) is 0 Å². The Labute approximate surface area is 261 Å². The highest BCUT2D eigenvalue weighted by molar-refractivity contribution is 7.80. The van der Waals surface area contributed by atoms with Crippen molar-refractivity contribution >= 4 is 36.0 Å². The van der Waals surface area contributed by atoms with E-state index in [1.54, 1.807) is 18.6 Å². The Kier molecular flexibility index (Phi) is 13.3. The first-order chi connectivity index (χ1) is 20.9. The summed E-state index contributed by atoms with van der Waals surface area (Å²) in [5.74, 6) is 0.780. The second-order valence-corrected chi connectivity index (χ2v) is 10.3. The van der Waals surface area contributed by atoms with E-state index in [1.165, 1.54) is 0 Å². The summed E-state index contributed by atoms with van der Waals surface area (Å²) < 4.78 is 5.86. The molecule has 4 N–H and O–H groups in total. The zero-order valence-corrected chi connectivity index (χ0v) is 26.7. The molecule has 0 fully saturated rings. The average Bonchev–Trinajstić information content (AvgIpc) is 3.26. The first-order valence-corrected chi connectivity index (χ1v) is 15.1. The van der Waals surface area contributed by atoms with Gasteiger partial charge in [-0.25, -0.2) is 0 Å². The molecule has 0 bridgehead atoms. The molecule has 2 aromatic heterocycles. The molecule has 0 spiro atoms. The van der Waals surface area contributed by atoms with Crippen LogP contribution in [0, 0.1) is 6.92 Å². The summed E-state index contributed by atoms with van der Waals surface area (Å²) in [6, 6.07) is 18.0. The van der Waals surface area contributed by atoms with Crippen molar-refractivity contribution in [2.75, 3.05) is 43.6 Å². The third-order valence-corrected chi connectivity index (χ3v) is 7.71. The molecule has 0 saturated heterocycles. The summed E-state index contributed by atoms with van der Waals surface area (Å²) in [6.07, 6.45) is 6.70. The molecule has 0 amide bonds. The first-order valence-electron chi connectivity index (χ1n) is 14.6. The molecular formula is C34H44N6O2S. The predicted molar refractivity (Wildman–Crippen MR) is 180 cm³/mol. The fraction of sp³-hybridized carbons (Fsp3) is 0.324. The molecular weight excluding hydrogens is 556 g/mol. The smallest absolute Gasteiger partial charge is 0.142 e. The Bertz CT molecular complexity index is 1450. The second-order valence-electron chi connectivity index (χ2n) is 9.83. The quantitative estimate of drug-likeness (QED) is 0.102. The van der Waals surface area contributed by atoms with Gasteiger partial charge in [-0.05, 0) is 65.6 Å². The van der Waals surface area contributed by atoms with Crippen LogP contribution in [0.3, 0.4) is 0 Å². The highest BCUT2D eigenvalue weighted by atomic mass is 32.1. The zero-order chi connectivity index (χ0) is 31.2. The minimum Gasteiger partial charge on any atom is -0.490 e. The third kappa shape index (κ3) is 8.95. The van der Waals surface area contributed by atoms with Gasteiger partial charge in [0.2, 0.25) is 0 Å². The SMILES string of the molecule is CC.CNc1ccc([C@H](CC=O)c2ccc(S)c(CN3CCOc4cccnc4C3)c2)c(C)c1N.CNc1cccnc1. The van der Waals surface area contributed by atoms with Crippen LogP contribution in [0.1, 0.15) is 54.1 Å². The third-order valence-electron chi connectivity index (χ3n) is 7.27. The summed E-state index contributed by atoms with van der Waals surface area (Å²) in [6.45, 7) is 8.86. The van der Waals surface area contributed by atoms with Gasteiger partial charge in [0.05, 0.1) is 22.8 Å². The Morgan fingerprint density at radius 1 is 1.09 bits per heavy atom. The van der Waals surface area contributed by atoms with Crippen LogP contribution < -0.4 is 21.1 Å². The second kappa shape index (κ2) is 17.1. The maximum absolute atomic E-state index is 11.6. The van der Waals surface area contributed by atoms with Crippen molar-refractivity contribution in [2.24, 2.45) is 0 Å². The number of carbonyl (C=O) groups excluding carboxylic acids is 1. The van der Waals surface area contributed by atoms with Crippen molar-refractivity contribution in [3.63, 3.8) is 0 Å². The number of aromatic nitrogens is 2. The van der Waals surface area contributed by atoms with Crippen molar-refractivity contribution in [1.29, 1.82) is 0 Å². The Morgan fingerprint density at radius 3 is 2.56 bits per heavy atom. The van der Waals surface area contributed by atoms with Gasteiger partial charge in [0.1, 0.15) is 18.6 Å². The van der Waals surface area contributed by atoms with Crippen LogP contribution in [0.2, 0.25) is 0 Å². The van der Waals surface area contributed by atoms with Gasteiger partial charge in [-0.1, -0.05) is 32.0 Å². The number of thiol groups is 1. The molecule has 3 heterocycles. The molecule has 1 aliphatic heterocycles. The van der Waals surface area contributed by atoms with Gasteiger partial charge in [-0.3, -0.25) is 14.9 Å². The molecule has 4 aromatic rings. The molecule has 0 radical (unpaired) electrons. The van der Waals surface area contributed by atoms with Gasteiger partial charge in [0, 0.05) is 69.6 Å². The molecule has 0 unspecified atom stereocenters. The number of benzene rings is 2. The molecule has 9 heteroatoms. The minimum absolute atomic E-state index is 0.0711. The summed E-state index contributed by atoms with van der Waals surface area (Å²) in [4.78, 5) is 23.2. The fourth-order valence-electron chi connectivity index (χ4n) is 4.96. The molecule has 0 saturated carbocycles. The van der Waals surface area contributed by atoms with Crippen LogP contribution >= 0.6 is 12.6 Å². The summed E-state index contributed by atoms with van der Waals surface area (Å²) in [5, 5.41) is 6.09. The van der Waals surface area contributed by atoms with E-state index < -0.39 is 0 Å². The van der Waals surface area contributed by atoms with Crippen molar-refractivity contribution in [2.45, 2.75) is 51.1 Å². The van der Waals surface area contributed by atoms with E-state index in [9.17, 15) is 4.79 Å². The van der Waals surface area contributed by atoms with Crippen molar-refractivity contribution in [1.82, 2.24) is 14.9 Å². The highest BCUT2D eigenvalue weighted by Gasteiger charge is 2.21. The van der Waals surface area contributed by atoms with E-state index >= 15 is 0 Å². The van der Waals surface area contributed by atoms with Gasteiger partial charge in [-0.15, -0.1) is 12.6 Å². The van der Waals surface area contributed by atoms with Gasteiger partial charge < -0.3 is 25.9 Å². The molecule has 5 rings (SSSR count). The van der Waals surface area contributed by atoms with E-state index in [0.29, 0.717) is 25.3 Å². The Balaban J connectivity index is 0.000000433. The molecule has 8 nitrogen and oxygen atoms in total. The maximum atomic E-state index is 11.6. The number of fused-ring (bicyclic) bond motifs is 1. The Hall–Kier alpha value is -4.08. The highest BCUT2D eigenvalue weighted by Crippen LogP contribution is 2.36. The van der Waals surface area contributed by atoms with E-state index in [-0.39, 0.29) is 5.92 Å². The monoisotopic (exact) mass is 600 g/mol. The summed E-state index contributed by atoms with van der Waals surface area (Å²) >= 11 is 4.73. The number of rotatable bonds is 8. The van der Waals surface area contributed by atoms with E-state index in [1.807, 2.05) is 71.3 Å². The van der Waals surface area contributed by atoms with Crippen LogP contribution in [0.5, 0.6) is 5.75 Å². The number of nitrogens with zero attached hydrogens (tertiary/aromatic N) is 3. The first kappa shape index (κ1) is 33.4. The molecule has 43 heavy (non-hydrogen) atoms. The number of nitrogen functional groups attached to an aromatic ring is 1. The van der Waals surface area contributed by atoms with E-state index in [4.69, 9.17) is 23.1 Å². The predicted octanol–water partition coefficient (Wildman–Crippen LogP) is 6.57. The van der Waals surface area contributed by atoms with Crippen LogP contribution in [0.15, 0.2) is 78.1 Å². The standard InChI is InChI=1S/C26H30N4O2S.C6H8N2.C2H6/c1-17-20(6-7-22(28-2)26(17)27)21(9-12-31)18-5-8-25(33)19(14-18)15-30-11-13-32-24-4-3-10-29-23(24)16-30;1-7-6-3-2-4-8-5-6;1-2/h3-8,10,12,14,21,28,33H,9,11,13,15-16,27H2,1-2H3;2-5,7H,1H3;1-2H3/t21-;;/m1../s1. The average molecular weight is 601 g/mol. The number of carbonyl (C=O) groups is 1. The summed E-state index contributed by atoms with van der Waals surface area (Å²) in [7, 11) is 3.73. The molecule has 0 aliphatic carbocycles. The number of pyridine rings is 2. The number of nitrogens with one attached hydrogen (secondary N) is 2. The number of nitrogens with two attached hydrogens (primary N) is 1. The molecule has 1 aliphatic rings. The topological polar surface area (TPSA) is 105 Å². The Morgan fingerprint density at radius 2 is 1.88 bits per heavy atom. The molecule has 228 valence electrons. The van der Waals surface area contributed by atoms with E-state index in [2.05, 4.69) is 43.7 Å². The lowest BCUT2D eigenvalue weighted by atomic mass is 9.85. The minimum atomic E-state index is -0.0711. The number of hydrogen-bond donors (Lipinski definition) is 4. The lowest BCUT2D eigenvalue weighted by Crippen LogP contribution is -2.25. The van der Waals surface area contributed by atoms with Gasteiger partial charge >= 0.3 is 0 Å². The largest absolute Gasteiger partial charge is 0.490 e. The van der Waals surface area contributed by atoms with Crippen molar-refractivity contribution in [3.05, 3.63) is 101 Å². The van der Waals surface area contributed by atoms with Gasteiger partial charge in [0.15, 0.2) is 0 Å². The maximum Gasteiger partial charge on any atom is 0.142 e.